The molecule has 0 unspecified atom stereocenters. The van der Waals surface area contributed by atoms with E-state index < -0.39 is 11.6 Å². The topological polar surface area (TPSA) is 17.1 Å². The van der Waals surface area contributed by atoms with Gasteiger partial charge in [0.05, 0.1) is 0 Å². The number of rotatable bonds is 3. The molecule has 0 fully saturated rings. The number of benzene rings is 1. The van der Waals surface area contributed by atoms with Crippen molar-refractivity contribution in [2.24, 2.45) is 0 Å². The lowest BCUT2D eigenvalue weighted by Gasteiger charge is -2.04. The Morgan fingerprint density at radius 1 is 1.22 bits per heavy atom. The van der Waals surface area contributed by atoms with Crippen LogP contribution < -0.4 is 0 Å². The van der Waals surface area contributed by atoms with Crippen LogP contribution >= 0.6 is 11.3 Å². The fourth-order valence-electron chi connectivity index (χ4n) is 1.86. The van der Waals surface area contributed by atoms with E-state index in [0.29, 0.717) is 5.56 Å². The van der Waals surface area contributed by atoms with Crippen molar-refractivity contribution in [2.75, 3.05) is 0 Å². The number of halogens is 2. The third-order valence-corrected chi connectivity index (χ3v) is 3.71. The normalized spacial score (nSPS) is 10.7. The van der Waals surface area contributed by atoms with Crippen molar-refractivity contribution < 1.29 is 13.6 Å². The lowest BCUT2D eigenvalue weighted by molar-refractivity contribution is 0.0990. The molecule has 0 spiro atoms. The summed E-state index contributed by atoms with van der Waals surface area (Å²) in [6.45, 7) is 3.74. The van der Waals surface area contributed by atoms with Crippen LogP contribution in [0, 0.1) is 25.5 Å². The highest BCUT2D eigenvalue weighted by Gasteiger charge is 2.17. The van der Waals surface area contributed by atoms with E-state index in [1.54, 1.807) is 6.07 Å². The molecule has 1 aromatic carbocycles. The Kier molecular flexibility index (Phi) is 3.57. The quantitative estimate of drug-likeness (QED) is 0.765. The number of hydrogen-bond acceptors (Lipinski definition) is 2. The van der Waals surface area contributed by atoms with E-state index in [1.165, 1.54) is 17.4 Å². The van der Waals surface area contributed by atoms with E-state index >= 15 is 0 Å². The number of ketones is 1. The maximum absolute atomic E-state index is 13.4. The van der Waals surface area contributed by atoms with Gasteiger partial charge in [-0.15, -0.1) is 11.3 Å². The van der Waals surface area contributed by atoms with Crippen LogP contribution in [-0.4, -0.2) is 5.78 Å². The number of Topliss-reactive ketones (excluding diaryl/α,β-unsaturated/α-hetero) is 1. The molecule has 0 saturated carbocycles. The van der Waals surface area contributed by atoms with Gasteiger partial charge in [-0.3, -0.25) is 4.79 Å². The highest BCUT2D eigenvalue weighted by molar-refractivity contribution is 7.12. The van der Waals surface area contributed by atoms with Gasteiger partial charge in [0, 0.05) is 27.3 Å². The number of aryl methyl sites for hydroxylation is 2. The molecule has 1 heterocycles. The molecular formula is C14H12F2OS. The Morgan fingerprint density at radius 3 is 2.33 bits per heavy atom. The Hall–Kier alpha value is -1.55. The third kappa shape index (κ3) is 2.48. The highest BCUT2D eigenvalue weighted by Crippen LogP contribution is 2.23. The van der Waals surface area contributed by atoms with E-state index in [4.69, 9.17) is 0 Å². The van der Waals surface area contributed by atoms with Crippen molar-refractivity contribution in [2.45, 2.75) is 20.3 Å². The van der Waals surface area contributed by atoms with Crippen molar-refractivity contribution in [3.05, 3.63) is 56.8 Å². The zero-order valence-corrected chi connectivity index (χ0v) is 10.9. The maximum Gasteiger partial charge on any atom is 0.168 e. The predicted octanol–water partition coefficient (Wildman–Crippen LogP) is 4.07. The molecule has 18 heavy (non-hydrogen) atoms. The second-order valence-electron chi connectivity index (χ2n) is 4.13. The Balaban J connectivity index is 2.30. The van der Waals surface area contributed by atoms with Crippen LogP contribution in [0.5, 0.6) is 0 Å². The van der Waals surface area contributed by atoms with Gasteiger partial charge >= 0.3 is 0 Å². The molecule has 4 heteroatoms. The van der Waals surface area contributed by atoms with Gasteiger partial charge in [0.25, 0.3) is 0 Å². The monoisotopic (exact) mass is 266 g/mol. The third-order valence-electron chi connectivity index (χ3n) is 2.74. The largest absolute Gasteiger partial charge is 0.294 e. The summed E-state index contributed by atoms with van der Waals surface area (Å²) in [6.07, 6.45) is -0.241. The van der Waals surface area contributed by atoms with Crippen LogP contribution in [-0.2, 0) is 6.42 Å². The average molecular weight is 266 g/mol. The van der Waals surface area contributed by atoms with Gasteiger partial charge in [0.1, 0.15) is 11.6 Å². The Bertz CT molecular complexity index is 582. The van der Waals surface area contributed by atoms with Gasteiger partial charge in [-0.05, 0) is 32.0 Å². The summed E-state index contributed by atoms with van der Waals surface area (Å²) in [5, 5.41) is 0. The van der Waals surface area contributed by atoms with Gasteiger partial charge in [-0.2, -0.15) is 0 Å². The SMILES string of the molecule is Cc1cc(C(=O)Cc2c(F)cccc2F)c(C)s1. The molecule has 0 aliphatic heterocycles. The van der Waals surface area contributed by atoms with Crippen molar-refractivity contribution >= 4 is 17.1 Å². The Morgan fingerprint density at radius 2 is 1.83 bits per heavy atom. The minimum atomic E-state index is -0.673. The summed E-state index contributed by atoms with van der Waals surface area (Å²) in [6, 6.07) is 5.38. The second-order valence-corrected chi connectivity index (χ2v) is 5.59. The molecule has 2 rings (SSSR count). The summed E-state index contributed by atoms with van der Waals surface area (Å²) < 4.78 is 26.9. The van der Waals surface area contributed by atoms with E-state index in [9.17, 15) is 13.6 Å². The minimum absolute atomic E-state index is 0.161. The highest BCUT2D eigenvalue weighted by atomic mass is 32.1. The van der Waals surface area contributed by atoms with Gasteiger partial charge < -0.3 is 0 Å². The molecule has 0 aliphatic rings. The van der Waals surface area contributed by atoms with Crippen molar-refractivity contribution in [1.29, 1.82) is 0 Å². The fraction of sp³-hybridized carbons (Fsp3) is 0.214. The summed E-state index contributed by atoms with van der Waals surface area (Å²) >= 11 is 1.51. The number of carbonyl (C=O) groups excluding carboxylic acids is 1. The molecule has 0 amide bonds. The maximum atomic E-state index is 13.4. The number of carbonyl (C=O) groups is 1. The average Bonchev–Trinajstić information content (AvgIpc) is 2.63. The minimum Gasteiger partial charge on any atom is -0.294 e. The molecule has 2 aromatic rings. The molecule has 0 N–H and O–H groups in total. The van der Waals surface area contributed by atoms with Crippen molar-refractivity contribution in [1.82, 2.24) is 0 Å². The summed E-state index contributed by atoms with van der Waals surface area (Å²) in [4.78, 5) is 13.9. The van der Waals surface area contributed by atoms with Crippen LogP contribution in [0.25, 0.3) is 0 Å². The zero-order valence-electron chi connectivity index (χ0n) is 10.1. The first-order valence-electron chi connectivity index (χ1n) is 5.52. The molecule has 94 valence electrons. The molecule has 0 saturated heterocycles. The molecule has 1 nitrogen and oxygen atoms in total. The standard InChI is InChI=1S/C14H12F2OS/c1-8-6-10(9(2)18-8)14(17)7-11-12(15)4-3-5-13(11)16/h3-6H,7H2,1-2H3. The number of thiophene rings is 1. The van der Waals surface area contributed by atoms with E-state index in [2.05, 4.69) is 0 Å². The Labute approximate surface area is 108 Å². The smallest absolute Gasteiger partial charge is 0.168 e. The molecule has 0 radical (unpaired) electrons. The van der Waals surface area contributed by atoms with E-state index in [1.807, 2.05) is 13.8 Å². The molecule has 0 bridgehead atoms. The predicted molar refractivity (Wildman–Crippen MR) is 68.2 cm³/mol. The van der Waals surface area contributed by atoms with Crippen LogP contribution in [0.3, 0.4) is 0 Å². The van der Waals surface area contributed by atoms with Crippen LogP contribution in [0.2, 0.25) is 0 Å². The van der Waals surface area contributed by atoms with Crippen molar-refractivity contribution in [3.63, 3.8) is 0 Å². The van der Waals surface area contributed by atoms with Crippen molar-refractivity contribution in [3.8, 4) is 0 Å². The van der Waals surface area contributed by atoms with Gasteiger partial charge in [-0.1, -0.05) is 6.07 Å². The second kappa shape index (κ2) is 4.98. The first kappa shape index (κ1) is 12.9. The molecule has 0 aliphatic carbocycles. The number of hydrogen-bond donors (Lipinski definition) is 0. The first-order chi connectivity index (χ1) is 8.49. The lowest BCUT2D eigenvalue weighted by Crippen LogP contribution is -2.07. The molecular weight excluding hydrogens is 254 g/mol. The molecule has 1 aromatic heterocycles. The zero-order chi connectivity index (χ0) is 13.3. The van der Waals surface area contributed by atoms with Crippen LogP contribution in [0.4, 0.5) is 8.78 Å². The first-order valence-corrected chi connectivity index (χ1v) is 6.34. The van der Waals surface area contributed by atoms with E-state index in [0.717, 1.165) is 21.9 Å². The summed E-state index contributed by atoms with van der Waals surface area (Å²) in [7, 11) is 0. The van der Waals surface area contributed by atoms with Gasteiger partial charge in [-0.25, -0.2) is 8.78 Å². The lowest BCUT2D eigenvalue weighted by atomic mass is 10.0. The summed E-state index contributed by atoms with van der Waals surface area (Å²) in [5.41, 5.74) is 0.394. The summed E-state index contributed by atoms with van der Waals surface area (Å²) in [5.74, 6) is -1.60. The van der Waals surface area contributed by atoms with Gasteiger partial charge in [0.15, 0.2) is 5.78 Å². The van der Waals surface area contributed by atoms with Gasteiger partial charge in [0.2, 0.25) is 0 Å². The van der Waals surface area contributed by atoms with Crippen LogP contribution in [0.1, 0.15) is 25.7 Å². The van der Waals surface area contributed by atoms with Crippen LogP contribution in [0.15, 0.2) is 24.3 Å². The fourth-order valence-corrected chi connectivity index (χ4v) is 2.81. The molecule has 0 atom stereocenters. The van der Waals surface area contributed by atoms with E-state index in [-0.39, 0.29) is 17.8 Å².